The first kappa shape index (κ1) is 11.4. The molecule has 3 heteroatoms. The topological polar surface area (TPSA) is 37.4 Å². The average molecular weight is 221 g/mol. The van der Waals surface area contributed by atoms with Crippen molar-refractivity contribution in [3.8, 4) is 0 Å². The molecule has 0 radical (unpaired) electrons. The first-order chi connectivity index (χ1) is 7.50. The molecule has 3 unspecified atom stereocenters. The minimum absolute atomic E-state index is 0.0863. The van der Waals surface area contributed by atoms with Crippen LogP contribution in [-0.4, -0.2) is 22.8 Å². The average Bonchev–Trinajstić information content (AvgIpc) is 2.47. The monoisotopic (exact) mass is 221 g/mol. The van der Waals surface area contributed by atoms with Gasteiger partial charge in [-0.3, -0.25) is 14.5 Å². The molecular weight excluding hydrogens is 202 g/mol. The Hall–Kier alpha value is -1.12. The Balaban J connectivity index is 2.10. The van der Waals surface area contributed by atoms with Crippen molar-refractivity contribution in [2.24, 2.45) is 11.8 Å². The molecule has 16 heavy (non-hydrogen) atoms. The molecule has 0 bridgehead atoms. The molecule has 1 saturated carbocycles. The normalized spacial score (nSPS) is 35.6. The van der Waals surface area contributed by atoms with Crippen LogP contribution in [0.2, 0.25) is 0 Å². The van der Waals surface area contributed by atoms with Gasteiger partial charge in [-0.25, -0.2) is 0 Å². The Kier molecular flexibility index (Phi) is 2.87. The Bertz CT molecular complexity index is 359. The van der Waals surface area contributed by atoms with E-state index in [9.17, 15) is 9.59 Å². The molecule has 0 aromatic rings. The summed E-state index contributed by atoms with van der Waals surface area (Å²) in [5.74, 6) is 1.10. The third-order valence-electron chi connectivity index (χ3n) is 4.07. The predicted octanol–water partition coefficient (Wildman–Crippen LogP) is 2.13. The molecule has 1 heterocycles. The zero-order valence-corrected chi connectivity index (χ0v) is 10.2. The van der Waals surface area contributed by atoms with Crippen LogP contribution >= 0.6 is 0 Å². The van der Waals surface area contributed by atoms with Crippen molar-refractivity contribution in [3.63, 3.8) is 0 Å². The minimum Gasteiger partial charge on any atom is -0.272 e. The highest BCUT2D eigenvalue weighted by atomic mass is 16.2. The van der Waals surface area contributed by atoms with Gasteiger partial charge in [0.05, 0.1) is 0 Å². The largest absolute Gasteiger partial charge is 0.272 e. The van der Waals surface area contributed by atoms with Crippen LogP contribution in [0.3, 0.4) is 0 Å². The Morgan fingerprint density at radius 2 is 1.88 bits per heavy atom. The lowest BCUT2D eigenvalue weighted by molar-refractivity contribution is -0.141. The van der Waals surface area contributed by atoms with E-state index in [1.54, 1.807) is 6.92 Å². The van der Waals surface area contributed by atoms with Crippen LogP contribution in [0.15, 0.2) is 11.6 Å². The SMILES string of the molecule is CC1=CC(=O)N(C2CCC(C)C(C)C2)C1=O. The minimum atomic E-state index is -0.116. The Morgan fingerprint density at radius 3 is 2.38 bits per heavy atom. The summed E-state index contributed by atoms with van der Waals surface area (Å²) in [6.45, 7) is 6.18. The van der Waals surface area contributed by atoms with E-state index in [2.05, 4.69) is 13.8 Å². The molecule has 0 aromatic heterocycles. The predicted molar refractivity (Wildman–Crippen MR) is 61.6 cm³/mol. The van der Waals surface area contributed by atoms with E-state index in [0.717, 1.165) is 19.3 Å². The summed E-state index contributed by atoms with van der Waals surface area (Å²) in [6.07, 6.45) is 4.50. The molecule has 3 nitrogen and oxygen atoms in total. The molecule has 2 rings (SSSR count). The van der Waals surface area contributed by atoms with E-state index in [4.69, 9.17) is 0 Å². The maximum absolute atomic E-state index is 11.8. The van der Waals surface area contributed by atoms with E-state index in [0.29, 0.717) is 17.4 Å². The van der Waals surface area contributed by atoms with Crippen molar-refractivity contribution in [2.45, 2.75) is 46.1 Å². The van der Waals surface area contributed by atoms with Gasteiger partial charge in [-0.2, -0.15) is 0 Å². The molecule has 0 saturated heterocycles. The van der Waals surface area contributed by atoms with Crippen molar-refractivity contribution in [1.82, 2.24) is 4.90 Å². The second kappa shape index (κ2) is 4.04. The smallest absolute Gasteiger partial charge is 0.256 e. The lowest BCUT2D eigenvalue weighted by Crippen LogP contribution is -2.44. The van der Waals surface area contributed by atoms with Gasteiger partial charge in [-0.15, -0.1) is 0 Å². The second-order valence-electron chi connectivity index (χ2n) is 5.26. The fourth-order valence-electron chi connectivity index (χ4n) is 2.71. The summed E-state index contributed by atoms with van der Waals surface area (Å²) in [5.41, 5.74) is 0.580. The zero-order valence-electron chi connectivity index (χ0n) is 10.2. The van der Waals surface area contributed by atoms with E-state index in [-0.39, 0.29) is 17.9 Å². The van der Waals surface area contributed by atoms with Crippen molar-refractivity contribution in [3.05, 3.63) is 11.6 Å². The standard InChI is InChI=1S/C13H19NO2/c1-8-4-5-11(6-9(8)2)14-12(15)7-10(3)13(14)16/h7-9,11H,4-6H2,1-3H3. The maximum Gasteiger partial charge on any atom is 0.256 e. The van der Waals surface area contributed by atoms with Crippen LogP contribution in [0.5, 0.6) is 0 Å². The number of amides is 2. The van der Waals surface area contributed by atoms with Crippen molar-refractivity contribution >= 4 is 11.8 Å². The first-order valence-electron chi connectivity index (χ1n) is 6.06. The van der Waals surface area contributed by atoms with Crippen LogP contribution in [0.25, 0.3) is 0 Å². The highest BCUT2D eigenvalue weighted by molar-refractivity contribution is 6.16. The van der Waals surface area contributed by atoms with Crippen LogP contribution in [0.4, 0.5) is 0 Å². The third-order valence-corrected chi connectivity index (χ3v) is 4.07. The lowest BCUT2D eigenvalue weighted by Gasteiger charge is -2.36. The maximum atomic E-state index is 11.8. The molecule has 0 N–H and O–H groups in total. The summed E-state index contributed by atoms with van der Waals surface area (Å²) in [5, 5.41) is 0. The Morgan fingerprint density at radius 1 is 1.19 bits per heavy atom. The van der Waals surface area contributed by atoms with E-state index < -0.39 is 0 Å². The van der Waals surface area contributed by atoms with Gasteiger partial charge in [0.2, 0.25) is 0 Å². The van der Waals surface area contributed by atoms with E-state index in [1.165, 1.54) is 11.0 Å². The van der Waals surface area contributed by atoms with Crippen LogP contribution in [0, 0.1) is 11.8 Å². The summed E-state index contributed by atoms with van der Waals surface area (Å²) in [7, 11) is 0. The fraction of sp³-hybridized carbons (Fsp3) is 0.692. The summed E-state index contributed by atoms with van der Waals surface area (Å²) >= 11 is 0. The quantitative estimate of drug-likeness (QED) is 0.636. The lowest BCUT2D eigenvalue weighted by atomic mass is 9.78. The fourth-order valence-corrected chi connectivity index (χ4v) is 2.71. The molecule has 88 valence electrons. The number of carbonyl (C=O) groups excluding carboxylic acids is 2. The van der Waals surface area contributed by atoms with Crippen LogP contribution < -0.4 is 0 Å². The van der Waals surface area contributed by atoms with Crippen molar-refractivity contribution in [1.29, 1.82) is 0 Å². The molecule has 0 aromatic carbocycles. The molecule has 1 aliphatic carbocycles. The van der Waals surface area contributed by atoms with Crippen LogP contribution in [0.1, 0.15) is 40.0 Å². The highest BCUT2D eigenvalue weighted by Crippen LogP contribution is 2.33. The van der Waals surface area contributed by atoms with Gasteiger partial charge >= 0.3 is 0 Å². The first-order valence-corrected chi connectivity index (χ1v) is 6.06. The van der Waals surface area contributed by atoms with E-state index in [1.807, 2.05) is 0 Å². The van der Waals surface area contributed by atoms with Gasteiger partial charge < -0.3 is 0 Å². The second-order valence-corrected chi connectivity index (χ2v) is 5.26. The molecule has 0 spiro atoms. The summed E-state index contributed by atoms with van der Waals surface area (Å²) in [4.78, 5) is 25.0. The van der Waals surface area contributed by atoms with Gasteiger partial charge in [0.15, 0.2) is 0 Å². The summed E-state index contributed by atoms with van der Waals surface area (Å²) in [6, 6.07) is 0.125. The summed E-state index contributed by atoms with van der Waals surface area (Å²) < 4.78 is 0. The highest BCUT2D eigenvalue weighted by Gasteiger charge is 2.37. The molecule has 1 aliphatic heterocycles. The van der Waals surface area contributed by atoms with Crippen molar-refractivity contribution in [2.75, 3.05) is 0 Å². The number of imide groups is 1. The van der Waals surface area contributed by atoms with Gasteiger partial charge in [0, 0.05) is 17.7 Å². The third kappa shape index (κ3) is 1.79. The zero-order chi connectivity index (χ0) is 11.9. The Labute approximate surface area is 96.5 Å². The van der Waals surface area contributed by atoms with Gasteiger partial charge in [-0.1, -0.05) is 13.8 Å². The van der Waals surface area contributed by atoms with Crippen molar-refractivity contribution < 1.29 is 9.59 Å². The number of nitrogens with zero attached hydrogens (tertiary/aromatic N) is 1. The molecule has 3 atom stereocenters. The van der Waals surface area contributed by atoms with Gasteiger partial charge in [-0.05, 0) is 38.0 Å². The molecule has 2 amide bonds. The molecule has 1 fully saturated rings. The number of rotatable bonds is 1. The number of carbonyl (C=O) groups is 2. The van der Waals surface area contributed by atoms with Gasteiger partial charge in [0.1, 0.15) is 0 Å². The number of hydrogen-bond donors (Lipinski definition) is 0. The van der Waals surface area contributed by atoms with E-state index >= 15 is 0 Å². The van der Waals surface area contributed by atoms with Gasteiger partial charge in [0.25, 0.3) is 11.8 Å². The molecule has 2 aliphatic rings. The van der Waals surface area contributed by atoms with Crippen LogP contribution in [-0.2, 0) is 9.59 Å². The number of hydrogen-bond acceptors (Lipinski definition) is 2. The molecular formula is C13H19NO2.